The second kappa shape index (κ2) is 9.82. The highest BCUT2D eigenvalue weighted by Crippen LogP contribution is 2.31. The van der Waals surface area contributed by atoms with Crippen LogP contribution in [0.4, 0.5) is 5.69 Å². The Kier molecular flexibility index (Phi) is 7.48. The van der Waals surface area contributed by atoms with Crippen molar-refractivity contribution in [1.29, 1.82) is 5.26 Å². The molecule has 0 aliphatic heterocycles. The van der Waals surface area contributed by atoms with Gasteiger partial charge < -0.3 is 5.73 Å². The van der Waals surface area contributed by atoms with E-state index in [1.54, 1.807) is 0 Å². The molecule has 1 atom stereocenters. The molecule has 0 aliphatic rings. The summed E-state index contributed by atoms with van der Waals surface area (Å²) in [5, 5.41) is 8.99. The maximum Gasteiger partial charge on any atom is 0.0991 e. The van der Waals surface area contributed by atoms with Crippen LogP contribution >= 0.6 is 0 Å². The number of nitrogen functional groups attached to an aromatic ring is 1. The molecule has 0 aromatic heterocycles. The largest absolute Gasteiger partial charge is 0.399 e. The summed E-state index contributed by atoms with van der Waals surface area (Å²) in [4.78, 5) is 0. The lowest BCUT2D eigenvalue weighted by Gasteiger charge is -2.18. The second-order valence-corrected chi connectivity index (χ2v) is 7.00. The van der Waals surface area contributed by atoms with Crippen molar-refractivity contribution in [3.8, 4) is 6.07 Å². The first-order valence-corrected chi connectivity index (χ1v) is 9.60. The van der Waals surface area contributed by atoms with E-state index in [1.807, 2.05) is 18.2 Å². The Labute approximate surface area is 158 Å². The van der Waals surface area contributed by atoms with E-state index in [9.17, 15) is 0 Å². The lowest BCUT2D eigenvalue weighted by Crippen LogP contribution is -2.00. The van der Waals surface area contributed by atoms with Crippen molar-refractivity contribution in [2.75, 3.05) is 5.73 Å². The number of aryl methyl sites for hydroxylation is 1. The molecule has 0 saturated heterocycles. The lowest BCUT2D eigenvalue weighted by molar-refractivity contribution is 0.550. The maximum atomic E-state index is 8.99. The van der Waals surface area contributed by atoms with E-state index in [-0.39, 0.29) is 0 Å². The van der Waals surface area contributed by atoms with Crippen LogP contribution in [0.3, 0.4) is 0 Å². The molecule has 0 bridgehead atoms. The normalized spacial score (nSPS) is 12.6. The van der Waals surface area contributed by atoms with E-state index in [0.717, 1.165) is 24.1 Å². The topological polar surface area (TPSA) is 49.8 Å². The second-order valence-electron chi connectivity index (χ2n) is 7.00. The van der Waals surface area contributed by atoms with Gasteiger partial charge in [-0.25, -0.2) is 0 Å². The Morgan fingerprint density at radius 1 is 1.15 bits per heavy atom. The number of hydrogen-bond acceptors (Lipinski definition) is 2. The molecule has 0 fully saturated rings. The van der Waals surface area contributed by atoms with Gasteiger partial charge in [-0.2, -0.15) is 5.26 Å². The maximum absolute atomic E-state index is 8.99. The minimum atomic E-state index is 0.563. The average Bonchev–Trinajstić information content (AvgIpc) is 2.66. The molecule has 2 aromatic rings. The van der Waals surface area contributed by atoms with E-state index in [1.165, 1.54) is 41.5 Å². The SMILES string of the molecule is C/C=C(\CCCC(CCC)c1ccc(C#N)cc1)c1cc(N)ccc1C. The van der Waals surface area contributed by atoms with Gasteiger partial charge in [0, 0.05) is 5.69 Å². The number of benzene rings is 2. The molecule has 0 heterocycles. The van der Waals surface area contributed by atoms with Gasteiger partial charge in [-0.15, -0.1) is 0 Å². The zero-order chi connectivity index (χ0) is 18.9. The summed E-state index contributed by atoms with van der Waals surface area (Å²) >= 11 is 0. The molecular weight excluding hydrogens is 316 g/mol. The van der Waals surface area contributed by atoms with Gasteiger partial charge >= 0.3 is 0 Å². The molecule has 2 rings (SSSR count). The van der Waals surface area contributed by atoms with Crippen molar-refractivity contribution in [3.63, 3.8) is 0 Å². The molecule has 0 amide bonds. The number of nitrogens with two attached hydrogens (primary N) is 1. The zero-order valence-corrected chi connectivity index (χ0v) is 16.3. The smallest absolute Gasteiger partial charge is 0.0991 e. The van der Waals surface area contributed by atoms with E-state index in [4.69, 9.17) is 11.0 Å². The Balaban J connectivity index is 2.04. The van der Waals surface area contributed by atoms with E-state index in [2.05, 4.69) is 57.2 Å². The molecular formula is C24H30N2. The summed E-state index contributed by atoms with van der Waals surface area (Å²) in [5.74, 6) is 0.563. The average molecular weight is 347 g/mol. The summed E-state index contributed by atoms with van der Waals surface area (Å²) in [6.45, 7) is 6.50. The highest BCUT2D eigenvalue weighted by Gasteiger charge is 2.12. The number of nitrogens with zero attached hydrogens (tertiary/aromatic N) is 1. The third-order valence-electron chi connectivity index (χ3n) is 5.10. The van der Waals surface area contributed by atoms with Crippen LogP contribution in [0.1, 0.15) is 74.1 Å². The van der Waals surface area contributed by atoms with Crippen molar-refractivity contribution in [2.45, 2.75) is 58.8 Å². The third-order valence-corrected chi connectivity index (χ3v) is 5.10. The molecule has 2 heteroatoms. The van der Waals surface area contributed by atoms with Crippen LogP contribution in [-0.4, -0.2) is 0 Å². The van der Waals surface area contributed by atoms with Crippen LogP contribution in [0.5, 0.6) is 0 Å². The quantitative estimate of drug-likeness (QED) is 0.547. The fourth-order valence-corrected chi connectivity index (χ4v) is 3.61. The molecule has 0 radical (unpaired) electrons. The van der Waals surface area contributed by atoms with E-state index in [0.29, 0.717) is 5.92 Å². The fourth-order valence-electron chi connectivity index (χ4n) is 3.61. The highest BCUT2D eigenvalue weighted by molar-refractivity contribution is 5.70. The molecule has 2 aromatic carbocycles. The fraction of sp³-hybridized carbons (Fsp3) is 0.375. The molecule has 0 aliphatic carbocycles. The number of rotatable bonds is 8. The molecule has 0 spiro atoms. The van der Waals surface area contributed by atoms with Crippen LogP contribution in [0.2, 0.25) is 0 Å². The van der Waals surface area contributed by atoms with Gasteiger partial charge in [-0.05, 0) is 92.0 Å². The van der Waals surface area contributed by atoms with E-state index >= 15 is 0 Å². The monoisotopic (exact) mass is 346 g/mol. The number of hydrogen-bond donors (Lipinski definition) is 1. The van der Waals surface area contributed by atoms with E-state index < -0.39 is 0 Å². The zero-order valence-electron chi connectivity index (χ0n) is 16.3. The lowest BCUT2D eigenvalue weighted by atomic mass is 9.87. The summed E-state index contributed by atoms with van der Waals surface area (Å²) in [6.07, 6.45) is 7.97. The van der Waals surface area contributed by atoms with Gasteiger partial charge in [-0.3, -0.25) is 0 Å². The van der Waals surface area contributed by atoms with Gasteiger partial charge in [0.25, 0.3) is 0 Å². The Morgan fingerprint density at radius 2 is 1.88 bits per heavy atom. The van der Waals surface area contributed by atoms with Crippen molar-refractivity contribution < 1.29 is 0 Å². The Bertz CT molecular complexity index is 779. The van der Waals surface area contributed by atoms with Gasteiger partial charge in [-0.1, -0.05) is 37.6 Å². The first kappa shape index (κ1) is 19.8. The number of allylic oxidation sites excluding steroid dienone is 2. The minimum absolute atomic E-state index is 0.563. The van der Waals surface area contributed by atoms with Crippen LogP contribution in [0.15, 0.2) is 48.5 Å². The summed E-state index contributed by atoms with van der Waals surface area (Å²) in [5.41, 5.74) is 12.8. The predicted molar refractivity (Wildman–Crippen MR) is 112 cm³/mol. The standard InChI is InChI=1S/C24H30N2/c1-4-7-21(22-13-11-19(17-25)12-14-22)9-6-8-20(5-2)24-16-23(26)15-10-18(24)3/h5,10-16,21H,4,6-9,26H2,1-3H3/b20-5+. The van der Waals surface area contributed by atoms with Crippen LogP contribution in [0, 0.1) is 18.3 Å². The summed E-state index contributed by atoms with van der Waals surface area (Å²) < 4.78 is 0. The summed E-state index contributed by atoms with van der Waals surface area (Å²) in [6, 6.07) is 16.5. The molecule has 136 valence electrons. The summed E-state index contributed by atoms with van der Waals surface area (Å²) in [7, 11) is 0. The minimum Gasteiger partial charge on any atom is -0.399 e. The van der Waals surface area contributed by atoms with Gasteiger partial charge in [0.2, 0.25) is 0 Å². The Morgan fingerprint density at radius 3 is 2.50 bits per heavy atom. The van der Waals surface area contributed by atoms with Crippen LogP contribution in [-0.2, 0) is 0 Å². The first-order valence-electron chi connectivity index (χ1n) is 9.60. The van der Waals surface area contributed by atoms with Crippen molar-refractivity contribution >= 4 is 11.3 Å². The molecule has 2 N–H and O–H groups in total. The molecule has 2 nitrogen and oxygen atoms in total. The van der Waals surface area contributed by atoms with Gasteiger partial charge in [0.15, 0.2) is 0 Å². The third kappa shape index (κ3) is 5.23. The number of anilines is 1. The van der Waals surface area contributed by atoms with Gasteiger partial charge in [0.1, 0.15) is 0 Å². The van der Waals surface area contributed by atoms with Crippen molar-refractivity contribution in [1.82, 2.24) is 0 Å². The van der Waals surface area contributed by atoms with Crippen molar-refractivity contribution in [3.05, 3.63) is 70.8 Å². The van der Waals surface area contributed by atoms with Crippen LogP contribution < -0.4 is 5.73 Å². The number of nitriles is 1. The molecule has 1 unspecified atom stereocenters. The predicted octanol–water partition coefficient (Wildman–Crippen LogP) is 6.61. The van der Waals surface area contributed by atoms with Gasteiger partial charge in [0.05, 0.1) is 11.6 Å². The Hall–Kier alpha value is -2.53. The first-order chi connectivity index (χ1) is 12.6. The highest BCUT2D eigenvalue weighted by atomic mass is 14.5. The molecule has 0 saturated carbocycles. The van der Waals surface area contributed by atoms with Crippen molar-refractivity contribution in [2.24, 2.45) is 0 Å². The molecule has 26 heavy (non-hydrogen) atoms. The van der Waals surface area contributed by atoms with Crippen LogP contribution in [0.25, 0.3) is 5.57 Å².